The van der Waals surface area contributed by atoms with Crippen LogP contribution in [0.5, 0.6) is 0 Å². The Balaban J connectivity index is 2.01. The lowest BCUT2D eigenvalue weighted by Gasteiger charge is -2.23. The average molecular weight is 413 g/mol. The fourth-order valence-electron chi connectivity index (χ4n) is 2.92. The van der Waals surface area contributed by atoms with Crippen molar-refractivity contribution >= 4 is 40.5 Å². The third-order valence-corrected chi connectivity index (χ3v) is 4.20. The molecule has 0 N–H and O–H groups in total. The first-order valence-electron chi connectivity index (χ1n) is 8.26. The van der Waals surface area contributed by atoms with Gasteiger partial charge in [-0.2, -0.15) is 0 Å². The summed E-state index contributed by atoms with van der Waals surface area (Å²) in [5, 5.41) is 8.12. The number of carbonyl (C=O) groups is 3. The molecule has 28 heavy (non-hydrogen) atoms. The highest BCUT2D eigenvalue weighted by Crippen LogP contribution is 2.36. The fraction of sp³-hybridized carbons (Fsp3) is 0.500. The Morgan fingerprint density at radius 3 is 2.46 bits per heavy atom. The van der Waals surface area contributed by atoms with E-state index < -0.39 is 42.4 Å². The Labute approximate surface area is 163 Å². The molecule has 0 aromatic carbocycles. The van der Waals surface area contributed by atoms with E-state index in [4.69, 9.17) is 30.5 Å². The molecule has 0 spiro atoms. The molecule has 0 amide bonds. The maximum Gasteiger partial charge on any atom is 0.303 e. The highest BCUT2D eigenvalue weighted by molar-refractivity contribution is 6.33. The second-order valence-corrected chi connectivity index (χ2v) is 6.38. The molecule has 3 heterocycles. The fourth-order valence-corrected chi connectivity index (χ4v) is 3.11. The molecule has 1 saturated heterocycles. The first-order valence-corrected chi connectivity index (χ1v) is 8.64. The minimum absolute atomic E-state index is 0.138. The lowest BCUT2D eigenvalue weighted by Crippen LogP contribution is -2.40. The van der Waals surface area contributed by atoms with E-state index in [1.54, 1.807) is 6.07 Å². The third kappa shape index (κ3) is 4.04. The molecule has 0 radical (unpaired) electrons. The van der Waals surface area contributed by atoms with Crippen molar-refractivity contribution < 1.29 is 33.3 Å². The lowest BCUT2D eigenvalue weighted by molar-refractivity contribution is -0.166. The van der Waals surface area contributed by atoms with Gasteiger partial charge in [0.25, 0.3) is 0 Å². The second kappa shape index (κ2) is 8.07. The largest absolute Gasteiger partial charge is 0.463 e. The van der Waals surface area contributed by atoms with Crippen LogP contribution in [0, 0.1) is 0 Å². The Hall–Kier alpha value is -2.79. The number of aromatic nitrogens is 4. The van der Waals surface area contributed by atoms with Crippen LogP contribution in [0.2, 0.25) is 5.15 Å². The normalized spacial score (nSPS) is 24.1. The number of fused-ring (bicyclic) bond motifs is 1. The van der Waals surface area contributed by atoms with Crippen LogP contribution in [0.25, 0.3) is 11.0 Å². The van der Waals surface area contributed by atoms with Crippen molar-refractivity contribution in [2.45, 2.75) is 45.3 Å². The summed E-state index contributed by atoms with van der Waals surface area (Å²) in [5.74, 6) is -1.77. The maximum atomic E-state index is 11.7. The van der Waals surface area contributed by atoms with Gasteiger partial charge in [-0.3, -0.25) is 14.4 Å². The number of ether oxygens (including phenoxy) is 4. The molecule has 11 nitrogen and oxygen atoms in total. The van der Waals surface area contributed by atoms with E-state index in [0.717, 1.165) is 0 Å². The molecule has 0 aliphatic carbocycles. The van der Waals surface area contributed by atoms with Gasteiger partial charge < -0.3 is 18.9 Å². The van der Waals surface area contributed by atoms with Crippen LogP contribution < -0.4 is 0 Å². The highest BCUT2D eigenvalue weighted by atomic mass is 35.5. The molecule has 2 aromatic heterocycles. The van der Waals surface area contributed by atoms with E-state index in [0.29, 0.717) is 11.0 Å². The summed E-state index contributed by atoms with van der Waals surface area (Å²) in [5.41, 5.74) is 0.790. The van der Waals surface area contributed by atoms with Gasteiger partial charge in [-0.1, -0.05) is 16.8 Å². The number of rotatable bonds is 5. The van der Waals surface area contributed by atoms with Crippen molar-refractivity contribution in [3.63, 3.8) is 0 Å². The monoisotopic (exact) mass is 412 g/mol. The molecule has 1 aliphatic rings. The van der Waals surface area contributed by atoms with E-state index in [2.05, 4.69) is 15.3 Å². The van der Waals surface area contributed by atoms with Crippen LogP contribution in [0.1, 0.15) is 27.0 Å². The molecule has 1 aliphatic heterocycles. The van der Waals surface area contributed by atoms with Crippen LogP contribution in [0.3, 0.4) is 0 Å². The summed E-state index contributed by atoms with van der Waals surface area (Å²) in [7, 11) is 0. The van der Waals surface area contributed by atoms with Crippen molar-refractivity contribution in [3.05, 3.63) is 17.4 Å². The Morgan fingerprint density at radius 1 is 1.14 bits per heavy atom. The summed E-state index contributed by atoms with van der Waals surface area (Å²) in [6.45, 7) is 3.44. The first kappa shape index (κ1) is 20.0. The minimum Gasteiger partial charge on any atom is -0.463 e. The van der Waals surface area contributed by atoms with Crippen LogP contribution in [-0.4, -0.2) is 62.8 Å². The van der Waals surface area contributed by atoms with Gasteiger partial charge in [-0.25, -0.2) is 9.67 Å². The predicted octanol–water partition coefficient (Wildman–Crippen LogP) is 0.804. The summed E-state index contributed by atoms with van der Waals surface area (Å²) in [6.07, 6.45) is -2.52. The van der Waals surface area contributed by atoms with Crippen LogP contribution in [0.15, 0.2) is 12.3 Å². The summed E-state index contributed by atoms with van der Waals surface area (Å²) < 4.78 is 22.9. The Morgan fingerprint density at radius 2 is 1.82 bits per heavy atom. The summed E-state index contributed by atoms with van der Waals surface area (Å²) in [4.78, 5) is 38.4. The molecule has 0 unspecified atom stereocenters. The zero-order valence-electron chi connectivity index (χ0n) is 15.2. The molecular weight excluding hydrogens is 396 g/mol. The van der Waals surface area contributed by atoms with Gasteiger partial charge in [0.15, 0.2) is 29.1 Å². The number of pyridine rings is 1. The third-order valence-electron chi connectivity index (χ3n) is 3.93. The number of hydrogen-bond acceptors (Lipinski definition) is 10. The molecule has 2 aromatic rings. The predicted molar refractivity (Wildman–Crippen MR) is 92.0 cm³/mol. The smallest absolute Gasteiger partial charge is 0.303 e. The summed E-state index contributed by atoms with van der Waals surface area (Å²) >= 11 is 6.03. The maximum absolute atomic E-state index is 11.7. The molecule has 3 rings (SSSR count). The second-order valence-electron chi connectivity index (χ2n) is 6.02. The first-order chi connectivity index (χ1) is 13.3. The Bertz CT molecular complexity index is 918. The van der Waals surface area contributed by atoms with Gasteiger partial charge in [-0.05, 0) is 6.07 Å². The van der Waals surface area contributed by atoms with E-state index >= 15 is 0 Å². The molecule has 0 saturated carbocycles. The zero-order chi connectivity index (χ0) is 20.4. The van der Waals surface area contributed by atoms with Crippen molar-refractivity contribution in [2.75, 3.05) is 6.61 Å². The molecule has 150 valence electrons. The molecule has 1 fully saturated rings. The van der Waals surface area contributed by atoms with Gasteiger partial charge in [-0.15, -0.1) is 5.10 Å². The van der Waals surface area contributed by atoms with Crippen molar-refractivity contribution in [1.29, 1.82) is 0 Å². The van der Waals surface area contributed by atoms with Crippen LogP contribution in [-0.2, 0) is 33.3 Å². The van der Waals surface area contributed by atoms with E-state index in [-0.39, 0.29) is 11.8 Å². The molecule has 0 bridgehead atoms. The molecular formula is C16H17ClN4O7. The van der Waals surface area contributed by atoms with E-state index in [9.17, 15) is 14.4 Å². The van der Waals surface area contributed by atoms with E-state index in [1.165, 1.54) is 31.6 Å². The molecule has 12 heteroatoms. The average Bonchev–Trinajstić information content (AvgIpc) is 3.16. The zero-order valence-corrected chi connectivity index (χ0v) is 16.0. The number of esters is 3. The van der Waals surface area contributed by atoms with Gasteiger partial charge in [0.1, 0.15) is 12.7 Å². The van der Waals surface area contributed by atoms with Gasteiger partial charge in [0.05, 0.1) is 5.52 Å². The van der Waals surface area contributed by atoms with Crippen molar-refractivity contribution in [2.24, 2.45) is 0 Å². The van der Waals surface area contributed by atoms with Crippen molar-refractivity contribution in [1.82, 2.24) is 20.0 Å². The number of nitrogens with zero attached hydrogens (tertiary/aromatic N) is 4. The topological polar surface area (TPSA) is 132 Å². The van der Waals surface area contributed by atoms with Crippen LogP contribution >= 0.6 is 11.6 Å². The Kier molecular flexibility index (Phi) is 5.75. The SMILES string of the molecule is CC(=O)OC[C@H]1O[C@@H](n2nnc3c(Cl)nccc32)[C@H](OC(C)=O)[C@@H]1OC(C)=O. The highest BCUT2D eigenvalue weighted by Gasteiger charge is 2.51. The van der Waals surface area contributed by atoms with Gasteiger partial charge in [0, 0.05) is 27.0 Å². The van der Waals surface area contributed by atoms with Crippen LogP contribution in [0.4, 0.5) is 0 Å². The number of hydrogen-bond donors (Lipinski definition) is 0. The standard InChI is InChI=1S/C16H17ClN4O7/c1-7(22)25-6-11-13(26-8(2)23)14(27-9(3)24)16(28-11)21-10-4-5-18-15(17)12(10)19-20-21/h4-5,11,13-14,16H,6H2,1-3H3/t11-,13-,14-,16-/m1/s1. The lowest BCUT2D eigenvalue weighted by atomic mass is 10.1. The van der Waals surface area contributed by atoms with E-state index in [1.807, 2.05) is 0 Å². The van der Waals surface area contributed by atoms with Gasteiger partial charge in [0.2, 0.25) is 0 Å². The van der Waals surface area contributed by atoms with Crippen molar-refractivity contribution in [3.8, 4) is 0 Å². The number of carbonyl (C=O) groups excluding carboxylic acids is 3. The number of halogens is 1. The minimum atomic E-state index is -1.06. The molecule has 4 atom stereocenters. The quantitative estimate of drug-likeness (QED) is 0.394. The summed E-state index contributed by atoms with van der Waals surface area (Å²) in [6, 6.07) is 1.61. The van der Waals surface area contributed by atoms with Gasteiger partial charge >= 0.3 is 17.9 Å².